The van der Waals surface area contributed by atoms with E-state index in [0.717, 1.165) is 4.90 Å². The van der Waals surface area contributed by atoms with Crippen molar-refractivity contribution in [2.24, 2.45) is 5.92 Å². The van der Waals surface area contributed by atoms with E-state index in [1.54, 1.807) is 6.92 Å². The Bertz CT molecular complexity index is 788. The quantitative estimate of drug-likeness (QED) is 0.511. The van der Waals surface area contributed by atoms with Crippen molar-refractivity contribution < 1.29 is 33.4 Å². The van der Waals surface area contributed by atoms with Crippen LogP contribution in [-0.4, -0.2) is 49.4 Å². The number of hydrogen-bond acceptors (Lipinski definition) is 7. The monoisotopic (exact) mass is 404 g/mol. The molecular formula is C20H24N2O7. The molecule has 2 atom stereocenters. The Morgan fingerprint density at radius 1 is 1.10 bits per heavy atom. The van der Waals surface area contributed by atoms with Crippen LogP contribution in [0.4, 0.5) is 5.69 Å². The lowest BCUT2D eigenvalue weighted by molar-refractivity contribution is -0.147. The van der Waals surface area contributed by atoms with Gasteiger partial charge in [0.1, 0.15) is 6.04 Å². The number of carbonyl (C=O) groups excluding carboxylic acids is 5. The van der Waals surface area contributed by atoms with E-state index >= 15 is 0 Å². The van der Waals surface area contributed by atoms with E-state index in [9.17, 15) is 24.0 Å². The number of ether oxygens (including phenoxy) is 2. The minimum atomic E-state index is -0.828. The predicted molar refractivity (Wildman–Crippen MR) is 102 cm³/mol. The number of nitrogens with one attached hydrogen (secondary N) is 1. The Morgan fingerprint density at radius 3 is 2.21 bits per heavy atom. The van der Waals surface area contributed by atoms with E-state index in [1.807, 2.05) is 6.92 Å². The lowest BCUT2D eigenvalue weighted by Crippen LogP contribution is -2.47. The molecule has 0 aliphatic carbocycles. The number of methoxy groups -OCH3 is 1. The molecule has 0 spiro atoms. The second kappa shape index (κ2) is 9.81. The number of carbonyl (C=O) groups is 5. The van der Waals surface area contributed by atoms with Gasteiger partial charge in [-0.25, -0.2) is 9.59 Å². The molecule has 0 unspecified atom stereocenters. The van der Waals surface area contributed by atoms with Crippen molar-refractivity contribution in [3.05, 3.63) is 29.8 Å². The van der Waals surface area contributed by atoms with Gasteiger partial charge >= 0.3 is 11.9 Å². The zero-order valence-corrected chi connectivity index (χ0v) is 16.6. The summed E-state index contributed by atoms with van der Waals surface area (Å²) in [5.74, 6) is -2.67. The van der Waals surface area contributed by atoms with Crippen molar-refractivity contribution in [1.82, 2.24) is 5.32 Å². The van der Waals surface area contributed by atoms with E-state index in [4.69, 9.17) is 4.74 Å². The smallest absolute Gasteiger partial charge is 0.338 e. The number of imide groups is 1. The third-order valence-electron chi connectivity index (χ3n) is 4.73. The predicted octanol–water partition coefficient (Wildman–Crippen LogP) is 1.20. The van der Waals surface area contributed by atoms with Gasteiger partial charge in [0.2, 0.25) is 11.8 Å². The number of hydrogen-bond donors (Lipinski definition) is 1. The van der Waals surface area contributed by atoms with Crippen LogP contribution in [0.25, 0.3) is 0 Å². The summed E-state index contributed by atoms with van der Waals surface area (Å²) in [4.78, 5) is 60.5. The summed E-state index contributed by atoms with van der Waals surface area (Å²) in [5, 5.41) is 2.51. The standard InChI is InChI=1S/C20H24N2O7/c1-4-12(2)18(20(27)28-3)21-15(23)11-29-19(26)13-5-7-14(8-6-13)22-16(24)9-10-17(22)25/h5-8,12,18H,4,9-11H2,1-3H3,(H,21,23)/t12-,18+/m0/s1. The van der Waals surface area contributed by atoms with Crippen molar-refractivity contribution in [2.45, 2.75) is 39.2 Å². The average Bonchev–Trinajstić information content (AvgIpc) is 3.07. The SMILES string of the molecule is CC[C@H](C)[C@@H](NC(=O)COC(=O)c1ccc(N2C(=O)CCC2=O)cc1)C(=O)OC. The van der Waals surface area contributed by atoms with Gasteiger partial charge < -0.3 is 14.8 Å². The van der Waals surface area contributed by atoms with Crippen molar-refractivity contribution in [3.8, 4) is 0 Å². The Balaban J connectivity index is 1.93. The van der Waals surface area contributed by atoms with Gasteiger partial charge in [0.15, 0.2) is 6.61 Å². The van der Waals surface area contributed by atoms with Crippen LogP contribution in [0.15, 0.2) is 24.3 Å². The highest BCUT2D eigenvalue weighted by Crippen LogP contribution is 2.23. The molecule has 156 valence electrons. The van der Waals surface area contributed by atoms with Crippen LogP contribution in [0.3, 0.4) is 0 Å². The van der Waals surface area contributed by atoms with Crippen LogP contribution in [-0.2, 0) is 28.7 Å². The fourth-order valence-corrected chi connectivity index (χ4v) is 2.84. The first-order chi connectivity index (χ1) is 13.8. The van der Waals surface area contributed by atoms with Crippen molar-refractivity contribution in [1.29, 1.82) is 0 Å². The van der Waals surface area contributed by atoms with Gasteiger partial charge in [-0.3, -0.25) is 19.3 Å². The topological polar surface area (TPSA) is 119 Å². The lowest BCUT2D eigenvalue weighted by Gasteiger charge is -2.21. The third-order valence-corrected chi connectivity index (χ3v) is 4.73. The molecule has 3 amide bonds. The number of amides is 3. The zero-order chi connectivity index (χ0) is 21.6. The van der Waals surface area contributed by atoms with E-state index in [-0.39, 0.29) is 36.1 Å². The number of rotatable bonds is 8. The molecule has 1 heterocycles. The highest BCUT2D eigenvalue weighted by Gasteiger charge is 2.30. The zero-order valence-electron chi connectivity index (χ0n) is 16.6. The Labute approximate surface area is 168 Å². The fourth-order valence-electron chi connectivity index (χ4n) is 2.84. The van der Waals surface area contributed by atoms with E-state index in [0.29, 0.717) is 12.1 Å². The molecule has 1 aromatic carbocycles. The molecule has 9 nitrogen and oxygen atoms in total. The number of esters is 2. The summed E-state index contributed by atoms with van der Waals surface area (Å²) in [6.07, 6.45) is 0.982. The van der Waals surface area contributed by atoms with Gasteiger partial charge in [-0.2, -0.15) is 0 Å². The van der Waals surface area contributed by atoms with Gasteiger partial charge in [-0.05, 0) is 30.2 Å². The Morgan fingerprint density at radius 2 is 1.69 bits per heavy atom. The molecule has 0 radical (unpaired) electrons. The summed E-state index contributed by atoms with van der Waals surface area (Å²) < 4.78 is 9.66. The van der Waals surface area contributed by atoms with Crippen LogP contribution in [0.2, 0.25) is 0 Å². The summed E-state index contributed by atoms with van der Waals surface area (Å²) in [5.41, 5.74) is 0.536. The third kappa shape index (κ3) is 5.40. The molecule has 2 rings (SSSR count). The van der Waals surface area contributed by atoms with Crippen molar-refractivity contribution in [2.75, 3.05) is 18.6 Å². The Hall–Kier alpha value is -3.23. The molecule has 0 bridgehead atoms. The summed E-state index contributed by atoms with van der Waals surface area (Å²) >= 11 is 0. The Kier molecular flexibility index (Phi) is 7.46. The van der Waals surface area contributed by atoms with Gasteiger partial charge in [0, 0.05) is 12.8 Å². The van der Waals surface area contributed by atoms with Crippen LogP contribution < -0.4 is 10.2 Å². The van der Waals surface area contributed by atoms with Crippen LogP contribution in [0.1, 0.15) is 43.5 Å². The molecular weight excluding hydrogens is 380 g/mol. The van der Waals surface area contributed by atoms with Crippen LogP contribution in [0.5, 0.6) is 0 Å². The number of nitrogens with zero attached hydrogens (tertiary/aromatic N) is 1. The van der Waals surface area contributed by atoms with Gasteiger partial charge in [0.05, 0.1) is 18.4 Å². The summed E-state index contributed by atoms with van der Waals surface area (Å²) in [6, 6.07) is 4.92. The van der Waals surface area contributed by atoms with Crippen LogP contribution >= 0.6 is 0 Å². The van der Waals surface area contributed by atoms with Crippen LogP contribution in [0, 0.1) is 5.92 Å². The molecule has 1 aliphatic heterocycles. The lowest BCUT2D eigenvalue weighted by atomic mass is 9.99. The van der Waals surface area contributed by atoms with E-state index in [2.05, 4.69) is 10.1 Å². The maximum Gasteiger partial charge on any atom is 0.338 e. The van der Waals surface area contributed by atoms with E-state index in [1.165, 1.54) is 31.4 Å². The largest absolute Gasteiger partial charge is 0.467 e. The molecule has 1 N–H and O–H groups in total. The first-order valence-corrected chi connectivity index (χ1v) is 9.28. The molecule has 0 aromatic heterocycles. The van der Waals surface area contributed by atoms with E-state index < -0.39 is 30.5 Å². The molecule has 1 aromatic rings. The molecule has 29 heavy (non-hydrogen) atoms. The highest BCUT2D eigenvalue weighted by molar-refractivity contribution is 6.19. The minimum absolute atomic E-state index is 0.148. The summed E-state index contributed by atoms with van der Waals surface area (Å²) in [6.45, 7) is 3.11. The normalized spacial score (nSPS) is 15.6. The average molecular weight is 404 g/mol. The van der Waals surface area contributed by atoms with Crippen molar-refractivity contribution >= 4 is 35.3 Å². The highest BCUT2D eigenvalue weighted by atomic mass is 16.5. The van der Waals surface area contributed by atoms with Gasteiger partial charge in [-0.1, -0.05) is 20.3 Å². The molecule has 9 heteroatoms. The molecule has 1 fully saturated rings. The van der Waals surface area contributed by atoms with Gasteiger partial charge in [0.25, 0.3) is 5.91 Å². The van der Waals surface area contributed by atoms with Gasteiger partial charge in [-0.15, -0.1) is 0 Å². The second-order valence-corrected chi connectivity index (χ2v) is 6.70. The first-order valence-electron chi connectivity index (χ1n) is 9.28. The maximum absolute atomic E-state index is 12.1. The molecule has 1 aliphatic rings. The number of benzene rings is 1. The molecule has 1 saturated heterocycles. The summed E-state index contributed by atoms with van der Waals surface area (Å²) in [7, 11) is 1.23. The molecule has 0 saturated carbocycles. The maximum atomic E-state index is 12.1. The minimum Gasteiger partial charge on any atom is -0.467 e. The fraction of sp³-hybridized carbons (Fsp3) is 0.450. The second-order valence-electron chi connectivity index (χ2n) is 6.70. The first kappa shape index (κ1) is 22.1. The number of anilines is 1. The van der Waals surface area contributed by atoms with Crippen molar-refractivity contribution in [3.63, 3.8) is 0 Å².